The minimum atomic E-state index is -4.79. The highest BCUT2D eigenvalue weighted by atomic mass is 19.3. The summed E-state index contributed by atoms with van der Waals surface area (Å²) in [6, 6.07) is -4.17. The third-order valence-corrected chi connectivity index (χ3v) is 2.28. The zero-order valence-electron chi connectivity index (χ0n) is 7.60. The lowest BCUT2D eigenvalue weighted by atomic mass is 10.1. The van der Waals surface area contributed by atoms with Crippen LogP contribution in [0.15, 0.2) is 6.33 Å². The summed E-state index contributed by atoms with van der Waals surface area (Å²) in [7, 11) is 0. The number of halogens is 6. The van der Waals surface area contributed by atoms with Crippen molar-refractivity contribution in [2.24, 2.45) is 0 Å². The molecule has 0 radical (unpaired) electrons. The third kappa shape index (κ3) is 1.45. The quantitative estimate of drug-likeness (QED) is 0.655. The maximum Gasteiger partial charge on any atom is 0.351 e. The van der Waals surface area contributed by atoms with Gasteiger partial charge in [0.1, 0.15) is 18.6 Å². The summed E-state index contributed by atoms with van der Waals surface area (Å²) >= 11 is 0. The predicted molar refractivity (Wildman–Crippen MR) is 38.4 cm³/mol. The van der Waals surface area contributed by atoms with Crippen LogP contribution in [-0.4, -0.2) is 26.6 Å². The second-order valence-electron chi connectivity index (χ2n) is 3.52. The van der Waals surface area contributed by atoms with E-state index >= 15 is 0 Å². The molecule has 3 nitrogen and oxygen atoms in total. The minimum Gasteiger partial charge on any atom is -0.220 e. The lowest BCUT2D eigenvalue weighted by Gasteiger charge is -2.25. The summed E-state index contributed by atoms with van der Waals surface area (Å²) in [5.74, 6) is -10.2. The van der Waals surface area contributed by atoms with Crippen LogP contribution in [0, 0.1) is 0 Å². The van der Waals surface area contributed by atoms with Gasteiger partial charge in [0.05, 0.1) is 6.42 Å². The van der Waals surface area contributed by atoms with Gasteiger partial charge in [0.15, 0.2) is 0 Å². The van der Waals surface area contributed by atoms with Crippen molar-refractivity contribution in [1.82, 2.24) is 14.8 Å². The molecule has 0 atom stereocenters. The van der Waals surface area contributed by atoms with E-state index in [2.05, 4.69) is 10.1 Å². The highest BCUT2D eigenvalue weighted by Crippen LogP contribution is 2.47. The average Bonchev–Trinajstić information content (AvgIpc) is 2.46. The Bertz CT molecular complexity index is 412. The molecule has 0 aromatic carbocycles. The van der Waals surface area contributed by atoms with Crippen LogP contribution in [0.3, 0.4) is 0 Å². The molecule has 0 spiro atoms. The molecule has 0 unspecified atom stereocenters. The Balaban J connectivity index is 2.54. The van der Waals surface area contributed by atoms with Gasteiger partial charge < -0.3 is 0 Å². The molecule has 16 heavy (non-hydrogen) atoms. The van der Waals surface area contributed by atoms with Crippen LogP contribution in [-0.2, 0) is 12.5 Å². The monoisotopic (exact) mass is 245 g/mol. The van der Waals surface area contributed by atoms with Crippen molar-refractivity contribution in [2.45, 2.75) is 30.7 Å². The zero-order valence-corrected chi connectivity index (χ0v) is 7.60. The molecular weight excluding hydrogens is 240 g/mol. The maximum absolute atomic E-state index is 13.2. The summed E-state index contributed by atoms with van der Waals surface area (Å²) in [6.07, 6.45) is -3.22. The van der Waals surface area contributed by atoms with Gasteiger partial charge in [-0.2, -0.15) is 36.1 Å². The summed E-state index contributed by atoms with van der Waals surface area (Å²) in [6.45, 7) is 0. The van der Waals surface area contributed by atoms with Gasteiger partial charge in [0, 0.05) is 0 Å². The Morgan fingerprint density at radius 2 is 1.69 bits per heavy atom. The molecule has 0 N–H and O–H groups in total. The van der Waals surface area contributed by atoms with Crippen molar-refractivity contribution in [2.75, 3.05) is 0 Å². The molecule has 1 aliphatic rings. The molecule has 9 heteroatoms. The van der Waals surface area contributed by atoms with Crippen LogP contribution in [0.2, 0.25) is 0 Å². The lowest BCUT2D eigenvalue weighted by molar-refractivity contribution is -0.245. The second kappa shape index (κ2) is 2.89. The Kier molecular flexibility index (Phi) is 2.02. The van der Waals surface area contributed by atoms with Crippen molar-refractivity contribution in [3.05, 3.63) is 12.2 Å². The largest absolute Gasteiger partial charge is 0.351 e. The van der Waals surface area contributed by atoms with E-state index in [-0.39, 0.29) is 4.68 Å². The van der Waals surface area contributed by atoms with Crippen molar-refractivity contribution < 1.29 is 26.3 Å². The number of aromatic nitrogens is 3. The fourth-order valence-electron chi connectivity index (χ4n) is 1.46. The molecule has 2 heterocycles. The summed E-state index contributed by atoms with van der Waals surface area (Å²) in [5, 5.41) is 2.99. The van der Waals surface area contributed by atoms with E-state index in [0.717, 1.165) is 0 Å². The molecule has 1 aromatic heterocycles. The van der Waals surface area contributed by atoms with Gasteiger partial charge in [-0.3, -0.25) is 0 Å². The predicted octanol–water partition coefficient (Wildman–Crippen LogP) is 2.04. The number of rotatable bonds is 0. The van der Waals surface area contributed by atoms with Crippen LogP contribution >= 0.6 is 0 Å². The van der Waals surface area contributed by atoms with Gasteiger partial charge >= 0.3 is 17.9 Å². The Hall–Kier alpha value is -1.28. The molecule has 1 aromatic rings. The first-order valence-electron chi connectivity index (χ1n) is 4.19. The molecule has 0 aliphatic carbocycles. The van der Waals surface area contributed by atoms with Crippen molar-refractivity contribution in [1.29, 1.82) is 0 Å². The second-order valence-corrected chi connectivity index (χ2v) is 3.52. The molecule has 0 amide bonds. The Morgan fingerprint density at radius 1 is 1.06 bits per heavy atom. The van der Waals surface area contributed by atoms with E-state index < -0.39 is 36.6 Å². The van der Waals surface area contributed by atoms with Gasteiger partial charge in [-0.15, -0.1) is 0 Å². The number of fused-ring (bicyclic) bond motifs is 1. The first-order chi connectivity index (χ1) is 7.16. The van der Waals surface area contributed by atoms with Crippen molar-refractivity contribution >= 4 is 0 Å². The molecule has 0 saturated heterocycles. The van der Waals surface area contributed by atoms with E-state index in [0.29, 0.717) is 6.33 Å². The fourth-order valence-corrected chi connectivity index (χ4v) is 1.46. The summed E-state index contributed by atoms with van der Waals surface area (Å²) < 4.78 is 77.9. The molecule has 1 aliphatic heterocycles. The van der Waals surface area contributed by atoms with Gasteiger partial charge in [-0.1, -0.05) is 0 Å². The highest BCUT2D eigenvalue weighted by molar-refractivity contribution is 5.03. The molecule has 0 fully saturated rings. The zero-order chi connectivity index (χ0) is 12.2. The van der Waals surface area contributed by atoms with Gasteiger partial charge in [-0.05, 0) is 0 Å². The van der Waals surface area contributed by atoms with Gasteiger partial charge in [0.2, 0.25) is 0 Å². The van der Waals surface area contributed by atoms with E-state index in [1.165, 1.54) is 0 Å². The number of hydrogen-bond donors (Lipinski definition) is 0. The molecule has 90 valence electrons. The fraction of sp³-hybridized carbons (Fsp3) is 0.714. The van der Waals surface area contributed by atoms with E-state index in [1.807, 2.05) is 0 Å². The molecule has 0 saturated carbocycles. The topological polar surface area (TPSA) is 30.7 Å². The molecular formula is C7H5F6N3. The van der Waals surface area contributed by atoms with Crippen LogP contribution in [0.4, 0.5) is 26.3 Å². The highest BCUT2D eigenvalue weighted by Gasteiger charge is 2.64. The lowest BCUT2D eigenvalue weighted by Crippen LogP contribution is -2.43. The first kappa shape index (κ1) is 11.2. The SMILES string of the molecule is FC1(F)CC(F)(F)C(F)(F)Cc2ncnn21. The van der Waals surface area contributed by atoms with Gasteiger partial charge in [-0.25, -0.2) is 4.98 Å². The minimum absolute atomic E-state index is 0.179. The van der Waals surface area contributed by atoms with E-state index in [4.69, 9.17) is 0 Å². The number of hydrogen-bond acceptors (Lipinski definition) is 2. The Morgan fingerprint density at radius 3 is 2.31 bits per heavy atom. The number of nitrogens with zero attached hydrogens (tertiary/aromatic N) is 3. The van der Waals surface area contributed by atoms with E-state index in [9.17, 15) is 26.3 Å². The Labute approximate surface area is 85.1 Å². The normalized spacial score (nSPS) is 25.9. The molecule has 0 bridgehead atoms. The molecule has 2 rings (SSSR count). The van der Waals surface area contributed by atoms with Gasteiger partial charge in [0.25, 0.3) is 0 Å². The van der Waals surface area contributed by atoms with E-state index in [1.54, 1.807) is 0 Å². The average molecular weight is 245 g/mol. The smallest absolute Gasteiger partial charge is 0.220 e. The number of alkyl halides is 6. The van der Waals surface area contributed by atoms with Crippen molar-refractivity contribution in [3.8, 4) is 0 Å². The van der Waals surface area contributed by atoms with Crippen LogP contribution in [0.1, 0.15) is 12.2 Å². The van der Waals surface area contributed by atoms with Crippen LogP contribution < -0.4 is 0 Å². The third-order valence-electron chi connectivity index (χ3n) is 2.28. The summed E-state index contributed by atoms with van der Waals surface area (Å²) in [4.78, 5) is 3.13. The van der Waals surface area contributed by atoms with Crippen LogP contribution in [0.5, 0.6) is 0 Å². The standard InChI is InChI=1S/C7H5F6N3/c8-5(9)1-4-14-3-15-16(4)7(12,13)2-6(5,10)11/h3H,1-2H2. The summed E-state index contributed by atoms with van der Waals surface area (Å²) in [5.41, 5.74) is 0. The van der Waals surface area contributed by atoms with Crippen LogP contribution in [0.25, 0.3) is 0 Å². The maximum atomic E-state index is 13.2. The van der Waals surface area contributed by atoms with Crippen molar-refractivity contribution in [3.63, 3.8) is 0 Å². The first-order valence-corrected chi connectivity index (χ1v) is 4.19.